The molecule has 2 aromatic rings. The molecule has 7 heteroatoms. The van der Waals surface area contributed by atoms with E-state index in [0.29, 0.717) is 48.3 Å². The Labute approximate surface area is 139 Å². The van der Waals surface area contributed by atoms with Crippen LogP contribution in [0.4, 0.5) is 10.1 Å². The summed E-state index contributed by atoms with van der Waals surface area (Å²) in [4.78, 5) is 19.4. The topological polar surface area (TPSA) is 86.2 Å². The number of rotatable bonds is 3. The first-order valence-corrected chi connectivity index (χ1v) is 7.74. The number of aromatic nitrogens is 1. The van der Waals surface area contributed by atoms with E-state index in [0.717, 1.165) is 5.56 Å². The van der Waals surface area contributed by atoms with Gasteiger partial charge in [0.1, 0.15) is 11.9 Å². The largest absolute Gasteiger partial charge is 0.369 e. The molecule has 1 aromatic carbocycles. The summed E-state index contributed by atoms with van der Waals surface area (Å²) in [5.41, 5.74) is 7.81. The SMILES string of the molecule is Cc1cc(F)cc2c(N3CCN(CC(N)=O)CC3)c(C#N)cnc12. The molecular formula is C17H18FN5O. The van der Waals surface area contributed by atoms with Crippen LogP contribution in [0, 0.1) is 24.1 Å². The van der Waals surface area contributed by atoms with Crippen LogP contribution < -0.4 is 10.6 Å². The Bertz CT molecular complexity index is 837. The molecule has 124 valence electrons. The Kier molecular flexibility index (Phi) is 4.32. The molecule has 3 rings (SSSR count). The molecule has 1 aliphatic heterocycles. The number of primary amides is 1. The van der Waals surface area contributed by atoms with Gasteiger partial charge in [-0.3, -0.25) is 14.7 Å². The Morgan fingerprint density at radius 1 is 1.38 bits per heavy atom. The molecule has 0 bridgehead atoms. The molecule has 1 amide bonds. The van der Waals surface area contributed by atoms with Crippen molar-refractivity contribution in [3.05, 3.63) is 35.3 Å². The van der Waals surface area contributed by atoms with Crippen LogP contribution in [-0.2, 0) is 4.79 Å². The third-order valence-corrected chi connectivity index (χ3v) is 4.29. The van der Waals surface area contributed by atoms with Gasteiger partial charge in [0, 0.05) is 37.8 Å². The van der Waals surface area contributed by atoms with Crippen molar-refractivity contribution in [3.63, 3.8) is 0 Å². The summed E-state index contributed by atoms with van der Waals surface area (Å²) in [6.45, 7) is 4.62. The predicted molar refractivity (Wildman–Crippen MR) is 89.0 cm³/mol. The highest BCUT2D eigenvalue weighted by Crippen LogP contribution is 2.32. The van der Waals surface area contributed by atoms with Gasteiger partial charge < -0.3 is 10.6 Å². The van der Waals surface area contributed by atoms with E-state index in [1.54, 1.807) is 13.1 Å². The van der Waals surface area contributed by atoms with Crippen molar-refractivity contribution in [3.8, 4) is 6.07 Å². The molecule has 24 heavy (non-hydrogen) atoms. The monoisotopic (exact) mass is 327 g/mol. The van der Waals surface area contributed by atoms with E-state index >= 15 is 0 Å². The highest BCUT2D eigenvalue weighted by molar-refractivity contribution is 5.96. The second-order valence-electron chi connectivity index (χ2n) is 5.98. The molecule has 6 nitrogen and oxygen atoms in total. The zero-order valence-corrected chi connectivity index (χ0v) is 13.4. The maximum absolute atomic E-state index is 13.9. The number of anilines is 1. The summed E-state index contributed by atoms with van der Waals surface area (Å²) in [7, 11) is 0. The van der Waals surface area contributed by atoms with Crippen LogP contribution in [0.15, 0.2) is 18.3 Å². The number of halogens is 1. The third-order valence-electron chi connectivity index (χ3n) is 4.29. The van der Waals surface area contributed by atoms with Gasteiger partial charge in [-0.05, 0) is 24.6 Å². The van der Waals surface area contributed by atoms with Crippen molar-refractivity contribution >= 4 is 22.5 Å². The summed E-state index contributed by atoms with van der Waals surface area (Å²) in [6, 6.07) is 5.03. The van der Waals surface area contributed by atoms with Crippen molar-refractivity contribution in [2.45, 2.75) is 6.92 Å². The molecule has 0 aliphatic carbocycles. The number of piperazine rings is 1. The van der Waals surface area contributed by atoms with Crippen LogP contribution >= 0.6 is 0 Å². The average Bonchev–Trinajstić information content (AvgIpc) is 2.54. The molecule has 1 saturated heterocycles. The number of nitriles is 1. The maximum atomic E-state index is 13.9. The molecule has 2 heterocycles. The minimum atomic E-state index is -0.353. The van der Waals surface area contributed by atoms with Gasteiger partial charge in [-0.1, -0.05) is 0 Å². The Morgan fingerprint density at radius 3 is 2.71 bits per heavy atom. The lowest BCUT2D eigenvalue weighted by Gasteiger charge is -2.36. The van der Waals surface area contributed by atoms with Gasteiger partial charge in [-0.15, -0.1) is 0 Å². The quantitative estimate of drug-likeness (QED) is 0.914. The first-order valence-electron chi connectivity index (χ1n) is 7.74. The van der Waals surface area contributed by atoms with Crippen molar-refractivity contribution in [1.29, 1.82) is 5.26 Å². The summed E-state index contributed by atoms with van der Waals surface area (Å²) < 4.78 is 13.9. The Morgan fingerprint density at radius 2 is 2.08 bits per heavy atom. The number of carbonyl (C=O) groups is 1. The number of nitrogens with two attached hydrogens (primary N) is 1. The predicted octanol–water partition coefficient (Wildman–Crippen LogP) is 1.16. The zero-order valence-electron chi connectivity index (χ0n) is 13.4. The first kappa shape index (κ1) is 16.1. The van der Waals surface area contributed by atoms with Crippen LogP contribution in [-0.4, -0.2) is 48.5 Å². The lowest BCUT2D eigenvalue weighted by atomic mass is 10.0. The first-order chi connectivity index (χ1) is 11.5. The van der Waals surface area contributed by atoms with E-state index in [1.165, 1.54) is 12.1 Å². The van der Waals surface area contributed by atoms with Gasteiger partial charge in [-0.2, -0.15) is 5.26 Å². The number of aryl methyl sites for hydroxylation is 1. The molecule has 0 radical (unpaired) electrons. The molecule has 0 saturated carbocycles. The van der Waals surface area contributed by atoms with E-state index in [9.17, 15) is 14.4 Å². The lowest BCUT2D eigenvalue weighted by Crippen LogP contribution is -2.49. The second-order valence-corrected chi connectivity index (χ2v) is 5.98. The van der Waals surface area contributed by atoms with E-state index in [1.807, 2.05) is 4.90 Å². The van der Waals surface area contributed by atoms with E-state index in [-0.39, 0.29) is 18.3 Å². The summed E-state index contributed by atoms with van der Waals surface area (Å²) in [5, 5.41) is 10.1. The number of nitrogens with zero attached hydrogens (tertiary/aromatic N) is 4. The molecule has 0 unspecified atom stereocenters. The number of hydrogen-bond acceptors (Lipinski definition) is 5. The van der Waals surface area contributed by atoms with Crippen LogP contribution in [0.25, 0.3) is 10.9 Å². The van der Waals surface area contributed by atoms with Crippen molar-refractivity contribution < 1.29 is 9.18 Å². The fourth-order valence-corrected chi connectivity index (χ4v) is 3.20. The number of carbonyl (C=O) groups excluding carboxylic acids is 1. The van der Waals surface area contributed by atoms with Crippen molar-refractivity contribution in [1.82, 2.24) is 9.88 Å². The molecule has 0 atom stereocenters. The van der Waals surface area contributed by atoms with Crippen LogP contribution in [0.1, 0.15) is 11.1 Å². The normalized spacial score (nSPS) is 15.5. The molecular weight excluding hydrogens is 309 g/mol. The van der Waals surface area contributed by atoms with E-state index in [2.05, 4.69) is 16.0 Å². The van der Waals surface area contributed by atoms with Gasteiger partial charge >= 0.3 is 0 Å². The lowest BCUT2D eigenvalue weighted by molar-refractivity contribution is -0.119. The second kappa shape index (κ2) is 6.42. The summed E-state index contributed by atoms with van der Waals surface area (Å²) in [5.74, 6) is -0.696. The molecule has 1 aromatic heterocycles. The van der Waals surface area contributed by atoms with Gasteiger partial charge in [0.2, 0.25) is 5.91 Å². The van der Waals surface area contributed by atoms with Gasteiger partial charge in [0.15, 0.2) is 0 Å². The van der Waals surface area contributed by atoms with Gasteiger partial charge in [-0.25, -0.2) is 4.39 Å². The Balaban J connectivity index is 2.00. The zero-order chi connectivity index (χ0) is 17.3. The molecule has 1 fully saturated rings. The molecule has 0 spiro atoms. The van der Waals surface area contributed by atoms with E-state index in [4.69, 9.17) is 5.73 Å². The Hall–Kier alpha value is -2.72. The highest BCUT2D eigenvalue weighted by atomic mass is 19.1. The number of amides is 1. The van der Waals surface area contributed by atoms with Crippen molar-refractivity contribution in [2.75, 3.05) is 37.6 Å². The number of hydrogen-bond donors (Lipinski definition) is 1. The maximum Gasteiger partial charge on any atom is 0.231 e. The number of benzene rings is 1. The summed E-state index contributed by atoms with van der Waals surface area (Å²) >= 11 is 0. The minimum absolute atomic E-state index is 0.226. The van der Waals surface area contributed by atoms with E-state index < -0.39 is 0 Å². The number of pyridine rings is 1. The van der Waals surface area contributed by atoms with Crippen LogP contribution in [0.5, 0.6) is 0 Å². The fourth-order valence-electron chi connectivity index (χ4n) is 3.20. The van der Waals surface area contributed by atoms with Gasteiger partial charge in [0.05, 0.1) is 23.3 Å². The standard InChI is InChI=1S/C17H18FN5O/c1-11-6-13(18)7-14-16(11)21-9-12(8-19)17(14)23-4-2-22(3-5-23)10-15(20)24/h6-7,9H,2-5,10H2,1H3,(H2,20,24). The van der Waals surface area contributed by atoms with Crippen LogP contribution in [0.2, 0.25) is 0 Å². The molecule has 1 aliphatic rings. The fraction of sp³-hybridized carbons (Fsp3) is 0.353. The smallest absolute Gasteiger partial charge is 0.231 e. The minimum Gasteiger partial charge on any atom is -0.369 e. The number of fused-ring (bicyclic) bond motifs is 1. The third kappa shape index (κ3) is 3.01. The van der Waals surface area contributed by atoms with Crippen LogP contribution in [0.3, 0.4) is 0 Å². The van der Waals surface area contributed by atoms with Crippen molar-refractivity contribution in [2.24, 2.45) is 5.73 Å². The summed E-state index contributed by atoms with van der Waals surface area (Å²) in [6.07, 6.45) is 1.54. The highest BCUT2D eigenvalue weighted by Gasteiger charge is 2.23. The van der Waals surface area contributed by atoms with Gasteiger partial charge in [0.25, 0.3) is 0 Å². The average molecular weight is 327 g/mol. The molecule has 2 N–H and O–H groups in total.